The summed E-state index contributed by atoms with van der Waals surface area (Å²) in [4.78, 5) is 0. The number of hydrogen-bond donors (Lipinski definition) is 0. The molecule has 0 bridgehead atoms. The molecule has 0 aliphatic heterocycles. The molecule has 0 unspecified atom stereocenters. The fourth-order valence-electron chi connectivity index (χ4n) is 1.41. The second-order valence-corrected chi connectivity index (χ2v) is 4.39. The van der Waals surface area contributed by atoms with Crippen LogP contribution in [0.4, 0.5) is 0 Å². The third kappa shape index (κ3) is 1.15. The van der Waals surface area contributed by atoms with Gasteiger partial charge in [0.05, 0.1) is 0 Å². The van der Waals surface area contributed by atoms with Crippen LogP contribution < -0.4 is 5.19 Å². The predicted molar refractivity (Wildman–Crippen MR) is 58.5 cm³/mol. The molecule has 0 aliphatic rings. The van der Waals surface area contributed by atoms with Crippen molar-refractivity contribution < 1.29 is 0 Å². The highest BCUT2D eigenvalue weighted by molar-refractivity contribution is 6.42. The monoisotopic (exact) mass is 192 g/mol. The van der Waals surface area contributed by atoms with Crippen LogP contribution in [0.5, 0.6) is 0 Å². The summed E-state index contributed by atoms with van der Waals surface area (Å²) < 4.78 is 0. The minimum Gasteiger partial charge on any atom is -0.0837 e. The van der Waals surface area contributed by atoms with Crippen LogP contribution in [-0.4, -0.2) is 10.2 Å². The summed E-state index contributed by atoms with van der Waals surface area (Å²) in [6, 6.07) is 12.4. The van der Waals surface area contributed by atoms with Gasteiger partial charge >= 0.3 is 0 Å². The van der Waals surface area contributed by atoms with Gasteiger partial charge in [0, 0.05) is 20.7 Å². The summed E-state index contributed by atoms with van der Waals surface area (Å²) in [5, 5.41) is 4.74. The van der Waals surface area contributed by atoms with Crippen LogP contribution in [0.3, 0.4) is 0 Å². The van der Waals surface area contributed by atoms with E-state index < -0.39 is 0 Å². The quantitative estimate of drug-likeness (QED) is 0.555. The van der Waals surface area contributed by atoms with Gasteiger partial charge in [0.15, 0.2) is 0 Å². The summed E-state index contributed by atoms with van der Waals surface area (Å²) in [6.07, 6.45) is 0. The molecule has 12 heavy (non-hydrogen) atoms. The van der Waals surface area contributed by atoms with Gasteiger partial charge in [-0.1, -0.05) is 47.1 Å². The van der Waals surface area contributed by atoms with E-state index in [4.69, 9.17) is 11.6 Å². The summed E-state index contributed by atoms with van der Waals surface area (Å²) in [7, 11) is 1.08. The number of hydrogen-bond acceptors (Lipinski definition) is 0. The third-order valence-corrected chi connectivity index (χ3v) is 3.29. The van der Waals surface area contributed by atoms with Crippen LogP contribution in [0.15, 0.2) is 36.4 Å². The fraction of sp³-hybridized carbons (Fsp3) is 0. The maximum atomic E-state index is 6.04. The van der Waals surface area contributed by atoms with Gasteiger partial charge in [-0.2, -0.15) is 0 Å². The lowest BCUT2D eigenvalue weighted by Crippen LogP contribution is -2.02. The predicted octanol–water partition coefficient (Wildman–Crippen LogP) is 1.48. The van der Waals surface area contributed by atoms with E-state index in [0.29, 0.717) is 0 Å². The molecule has 0 radical (unpaired) electrons. The molecule has 2 aromatic carbocycles. The molecule has 0 aromatic heterocycles. The normalized spacial score (nSPS) is 10.8. The molecule has 0 spiro atoms. The number of halogens is 1. The minimum atomic E-state index is 0.852. The molecule has 60 valence electrons. The highest BCUT2D eigenvalue weighted by atomic mass is 35.5. The van der Waals surface area contributed by atoms with Crippen molar-refractivity contribution in [1.82, 2.24) is 0 Å². The first-order valence-electron chi connectivity index (χ1n) is 3.93. The zero-order chi connectivity index (χ0) is 8.55. The topological polar surface area (TPSA) is 0 Å². The van der Waals surface area contributed by atoms with E-state index in [1.54, 1.807) is 0 Å². The van der Waals surface area contributed by atoms with Crippen molar-refractivity contribution in [3.8, 4) is 0 Å². The number of fused-ring (bicyclic) bond motifs is 1. The van der Waals surface area contributed by atoms with E-state index in [1.165, 1.54) is 16.0 Å². The van der Waals surface area contributed by atoms with Crippen molar-refractivity contribution in [3.63, 3.8) is 0 Å². The number of benzene rings is 2. The largest absolute Gasteiger partial charge is 0.0837 e. The lowest BCUT2D eigenvalue weighted by Gasteiger charge is -2.02. The van der Waals surface area contributed by atoms with Crippen LogP contribution in [0, 0.1) is 0 Å². The molecule has 0 heterocycles. The first-order chi connectivity index (χ1) is 5.79. The van der Waals surface area contributed by atoms with Gasteiger partial charge in [-0.3, -0.25) is 0 Å². The Morgan fingerprint density at radius 1 is 0.917 bits per heavy atom. The van der Waals surface area contributed by atoms with Gasteiger partial charge < -0.3 is 0 Å². The van der Waals surface area contributed by atoms with Crippen molar-refractivity contribution >= 4 is 37.8 Å². The molecule has 2 rings (SSSR count). The van der Waals surface area contributed by atoms with Crippen LogP contribution >= 0.6 is 11.6 Å². The van der Waals surface area contributed by atoms with E-state index in [2.05, 4.69) is 24.3 Å². The Morgan fingerprint density at radius 3 is 2.25 bits per heavy atom. The first-order valence-corrected chi connectivity index (χ1v) is 5.30. The zero-order valence-corrected chi connectivity index (χ0v) is 9.60. The summed E-state index contributed by atoms with van der Waals surface area (Å²) in [5.41, 5.74) is 0. The number of rotatable bonds is 0. The third-order valence-electron chi connectivity index (χ3n) is 2.09. The molecular formula is C10H9ClSi. The molecular weight excluding hydrogens is 184 g/mol. The summed E-state index contributed by atoms with van der Waals surface area (Å²) >= 11 is 6.04. The van der Waals surface area contributed by atoms with E-state index in [0.717, 1.165) is 15.3 Å². The van der Waals surface area contributed by atoms with E-state index in [-0.39, 0.29) is 0 Å². The molecule has 0 fully saturated rings. The van der Waals surface area contributed by atoms with Gasteiger partial charge in [0.1, 0.15) is 0 Å². The summed E-state index contributed by atoms with van der Waals surface area (Å²) in [6.45, 7) is 0. The second-order valence-electron chi connectivity index (χ2n) is 2.91. The van der Waals surface area contributed by atoms with Crippen molar-refractivity contribution in [2.75, 3.05) is 0 Å². The van der Waals surface area contributed by atoms with Gasteiger partial charge in [-0.15, -0.1) is 0 Å². The van der Waals surface area contributed by atoms with Crippen LogP contribution in [0.2, 0.25) is 5.02 Å². The maximum Gasteiger partial charge on any atom is 0.0484 e. The highest BCUT2D eigenvalue weighted by Crippen LogP contribution is 2.20. The van der Waals surface area contributed by atoms with Crippen molar-refractivity contribution in [1.29, 1.82) is 0 Å². The molecule has 0 N–H and O–H groups in total. The van der Waals surface area contributed by atoms with Crippen molar-refractivity contribution in [3.05, 3.63) is 41.4 Å². The van der Waals surface area contributed by atoms with Crippen LogP contribution in [0.25, 0.3) is 10.8 Å². The fourth-order valence-corrected chi connectivity index (χ4v) is 2.24. The molecule has 2 heteroatoms. The molecule has 0 saturated heterocycles. The Kier molecular flexibility index (Phi) is 1.91. The van der Waals surface area contributed by atoms with Crippen molar-refractivity contribution in [2.24, 2.45) is 0 Å². The molecule has 2 aromatic rings. The van der Waals surface area contributed by atoms with Gasteiger partial charge in [-0.05, 0) is 11.5 Å². The molecule has 0 atom stereocenters. The Labute approximate surface area is 79.6 Å². The van der Waals surface area contributed by atoms with E-state index >= 15 is 0 Å². The molecule has 0 aliphatic carbocycles. The van der Waals surface area contributed by atoms with Gasteiger partial charge in [-0.25, -0.2) is 0 Å². The summed E-state index contributed by atoms with van der Waals surface area (Å²) in [5.74, 6) is 0. The molecule has 0 nitrogen and oxygen atoms in total. The van der Waals surface area contributed by atoms with Crippen LogP contribution in [-0.2, 0) is 0 Å². The SMILES string of the molecule is [SiH3]c1ccc(Cl)c2ccccc12. The molecule has 0 saturated carbocycles. The standard InChI is InChI=1S/C10H9ClSi/c11-9-5-6-10(12)8-4-2-1-3-7(8)9/h1-6H,12H3. The average Bonchev–Trinajstić information content (AvgIpc) is 2.12. The zero-order valence-electron chi connectivity index (χ0n) is 6.84. The first kappa shape index (κ1) is 7.84. The highest BCUT2D eigenvalue weighted by Gasteiger charge is 1.98. The second kappa shape index (κ2) is 2.92. The Bertz CT molecular complexity index is 383. The van der Waals surface area contributed by atoms with Gasteiger partial charge in [0.25, 0.3) is 0 Å². The maximum absolute atomic E-state index is 6.04. The lowest BCUT2D eigenvalue weighted by molar-refractivity contribution is 1.78. The lowest BCUT2D eigenvalue weighted by atomic mass is 10.1. The van der Waals surface area contributed by atoms with E-state index in [1.807, 2.05) is 12.1 Å². The van der Waals surface area contributed by atoms with Crippen molar-refractivity contribution in [2.45, 2.75) is 0 Å². The Morgan fingerprint density at radius 2 is 1.58 bits per heavy atom. The smallest absolute Gasteiger partial charge is 0.0484 e. The van der Waals surface area contributed by atoms with E-state index in [9.17, 15) is 0 Å². The van der Waals surface area contributed by atoms with Gasteiger partial charge in [0.2, 0.25) is 0 Å². The van der Waals surface area contributed by atoms with Crippen LogP contribution in [0.1, 0.15) is 0 Å². The average molecular weight is 193 g/mol. The Hall–Kier alpha value is -0.793. The molecule has 0 amide bonds. The minimum absolute atomic E-state index is 0.852. The Balaban J connectivity index is 2.95.